The number of hydrogen-bond acceptors (Lipinski definition) is 4. The largest absolute Gasteiger partial charge is 0.495 e. The molecule has 6 nitrogen and oxygen atoms in total. The van der Waals surface area contributed by atoms with Gasteiger partial charge in [-0.3, -0.25) is 9.69 Å². The number of methoxy groups -OCH3 is 1. The quantitative estimate of drug-likeness (QED) is 0.569. The van der Waals surface area contributed by atoms with Crippen molar-refractivity contribution in [3.05, 3.63) is 53.3 Å². The molecule has 2 heterocycles. The second kappa shape index (κ2) is 9.71. The SMILES string of the molecule is COc1ccc(Cl)cc1NC(=O)CC[C@@H]1CCCN(Cc2nc3ccccc3n2C)C1. The number of piperidine rings is 1. The molecule has 7 heteroatoms. The Kier molecular flexibility index (Phi) is 6.78. The molecular formula is C24H29ClN4O2. The van der Waals surface area contributed by atoms with Crippen molar-refractivity contribution in [3.63, 3.8) is 0 Å². The summed E-state index contributed by atoms with van der Waals surface area (Å²) in [6, 6.07) is 13.5. The van der Waals surface area contributed by atoms with E-state index in [1.165, 1.54) is 5.52 Å². The third-order valence-electron chi connectivity index (χ3n) is 6.06. The van der Waals surface area contributed by atoms with Gasteiger partial charge in [0.25, 0.3) is 0 Å². The van der Waals surface area contributed by atoms with Gasteiger partial charge in [0, 0.05) is 25.0 Å². The van der Waals surface area contributed by atoms with Crippen molar-refractivity contribution in [1.29, 1.82) is 0 Å². The summed E-state index contributed by atoms with van der Waals surface area (Å²) in [5.41, 5.74) is 2.83. The number of amides is 1. The highest BCUT2D eigenvalue weighted by Crippen LogP contribution is 2.28. The highest BCUT2D eigenvalue weighted by molar-refractivity contribution is 6.31. The van der Waals surface area contributed by atoms with Crippen LogP contribution in [0.5, 0.6) is 5.75 Å². The van der Waals surface area contributed by atoms with Crippen LogP contribution >= 0.6 is 11.6 Å². The van der Waals surface area contributed by atoms with Gasteiger partial charge < -0.3 is 14.6 Å². The predicted octanol–water partition coefficient (Wildman–Crippen LogP) is 4.87. The molecule has 1 atom stereocenters. The van der Waals surface area contributed by atoms with E-state index in [1.807, 2.05) is 6.07 Å². The van der Waals surface area contributed by atoms with Crippen LogP contribution < -0.4 is 10.1 Å². The van der Waals surface area contributed by atoms with E-state index in [0.29, 0.717) is 28.8 Å². The summed E-state index contributed by atoms with van der Waals surface area (Å²) in [4.78, 5) is 19.8. The van der Waals surface area contributed by atoms with E-state index in [0.717, 1.165) is 50.2 Å². The van der Waals surface area contributed by atoms with Crippen molar-refractivity contribution in [2.45, 2.75) is 32.2 Å². The van der Waals surface area contributed by atoms with Gasteiger partial charge in [0.15, 0.2) is 0 Å². The first-order valence-electron chi connectivity index (χ1n) is 10.8. The Bertz CT molecular complexity index is 1060. The van der Waals surface area contributed by atoms with Crippen molar-refractivity contribution >= 4 is 34.2 Å². The van der Waals surface area contributed by atoms with Crippen LogP contribution in [-0.2, 0) is 18.4 Å². The second-order valence-corrected chi connectivity index (χ2v) is 8.69. The molecule has 1 aliphatic rings. The Morgan fingerprint density at radius 3 is 2.94 bits per heavy atom. The Balaban J connectivity index is 1.31. The number of fused-ring (bicyclic) bond motifs is 1. The van der Waals surface area contributed by atoms with Gasteiger partial charge in [-0.05, 0) is 62.1 Å². The number of anilines is 1. The first kappa shape index (κ1) is 21.7. The zero-order valence-corrected chi connectivity index (χ0v) is 18.9. The summed E-state index contributed by atoms with van der Waals surface area (Å²) in [6.45, 7) is 2.91. The second-order valence-electron chi connectivity index (χ2n) is 8.25. The monoisotopic (exact) mass is 440 g/mol. The fourth-order valence-electron chi connectivity index (χ4n) is 4.39. The Labute approximate surface area is 188 Å². The molecule has 0 spiro atoms. The van der Waals surface area contributed by atoms with E-state index < -0.39 is 0 Å². The zero-order valence-electron chi connectivity index (χ0n) is 18.1. The first-order chi connectivity index (χ1) is 15.0. The van der Waals surface area contributed by atoms with Crippen LogP contribution in [0.3, 0.4) is 0 Å². The number of ether oxygens (including phenoxy) is 1. The molecule has 0 saturated carbocycles. The number of carbonyl (C=O) groups is 1. The molecule has 2 aromatic carbocycles. The molecule has 31 heavy (non-hydrogen) atoms. The van der Waals surface area contributed by atoms with Crippen molar-refractivity contribution in [2.75, 3.05) is 25.5 Å². The van der Waals surface area contributed by atoms with Crippen LogP contribution in [0.4, 0.5) is 5.69 Å². The van der Waals surface area contributed by atoms with Gasteiger partial charge in [-0.2, -0.15) is 0 Å². The van der Waals surface area contributed by atoms with Crippen molar-refractivity contribution in [3.8, 4) is 5.75 Å². The van der Waals surface area contributed by atoms with Crippen LogP contribution in [0, 0.1) is 5.92 Å². The summed E-state index contributed by atoms with van der Waals surface area (Å²) in [6.07, 6.45) is 3.67. The number of nitrogens with zero attached hydrogens (tertiary/aromatic N) is 3. The Hall–Kier alpha value is -2.57. The summed E-state index contributed by atoms with van der Waals surface area (Å²) in [5.74, 6) is 2.21. The molecule has 4 rings (SSSR count). The minimum Gasteiger partial charge on any atom is -0.495 e. The standard InChI is InChI=1S/C24H29ClN4O2/c1-28-21-8-4-3-7-19(21)26-23(28)16-29-13-5-6-17(15-29)9-12-24(30)27-20-14-18(25)10-11-22(20)31-2/h3-4,7-8,10-11,14,17H,5-6,9,12-13,15-16H2,1-2H3,(H,27,30)/t17-/m0/s1. The highest BCUT2D eigenvalue weighted by Gasteiger charge is 2.22. The van der Waals surface area contributed by atoms with E-state index in [4.69, 9.17) is 21.3 Å². The number of benzene rings is 2. The van der Waals surface area contributed by atoms with Gasteiger partial charge in [-0.15, -0.1) is 0 Å². The molecule has 1 N–H and O–H groups in total. The number of rotatable bonds is 7. The summed E-state index contributed by atoms with van der Waals surface area (Å²) in [7, 11) is 3.67. The number of imidazole rings is 1. The van der Waals surface area contributed by atoms with Crippen LogP contribution in [-0.4, -0.2) is 40.6 Å². The van der Waals surface area contributed by atoms with Crippen molar-refractivity contribution in [1.82, 2.24) is 14.5 Å². The normalized spacial score (nSPS) is 17.1. The molecule has 1 saturated heterocycles. The third kappa shape index (κ3) is 5.20. The Morgan fingerprint density at radius 1 is 1.29 bits per heavy atom. The number of nitrogens with one attached hydrogen (secondary N) is 1. The number of hydrogen-bond donors (Lipinski definition) is 1. The lowest BCUT2D eigenvalue weighted by atomic mass is 9.93. The van der Waals surface area contributed by atoms with E-state index in [-0.39, 0.29) is 5.91 Å². The van der Waals surface area contributed by atoms with Gasteiger partial charge in [0.05, 0.1) is 30.4 Å². The number of likely N-dealkylation sites (tertiary alicyclic amines) is 1. The summed E-state index contributed by atoms with van der Waals surface area (Å²) in [5, 5.41) is 3.51. The minimum absolute atomic E-state index is 0.00644. The molecule has 1 aromatic heterocycles. The third-order valence-corrected chi connectivity index (χ3v) is 6.30. The van der Waals surface area contributed by atoms with Gasteiger partial charge in [-0.25, -0.2) is 4.98 Å². The highest BCUT2D eigenvalue weighted by atomic mass is 35.5. The van der Waals surface area contributed by atoms with Crippen LogP contribution in [0.25, 0.3) is 11.0 Å². The maximum absolute atomic E-state index is 12.5. The molecule has 0 bridgehead atoms. The lowest BCUT2D eigenvalue weighted by Crippen LogP contribution is -2.36. The van der Waals surface area contributed by atoms with Crippen molar-refractivity contribution in [2.24, 2.45) is 13.0 Å². The average molecular weight is 441 g/mol. The number of carbonyl (C=O) groups excluding carboxylic acids is 1. The van der Waals surface area contributed by atoms with Gasteiger partial charge in [-0.1, -0.05) is 23.7 Å². The maximum atomic E-state index is 12.5. The molecule has 1 fully saturated rings. The smallest absolute Gasteiger partial charge is 0.224 e. The fourth-order valence-corrected chi connectivity index (χ4v) is 4.57. The minimum atomic E-state index is -0.00644. The zero-order chi connectivity index (χ0) is 21.8. The molecule has 164 valence electrons. The first-order valence-corrected chi connectivity index (χ1v) is 11.2. The van der Waals surface area contributed by atoms with Gasteiger partial charge >= 0.3 is 0 Å². The molecule has 0 radical (unpaired) electrons. The number of aromatic nitrogens is 2. The Morgan fingerprint density at radius 2 is 2.13 bits per heavy atom. The summed E-state index contributed by atoms with van der Waals surface area (Å²) < 4.78 is 7.50. The van der Waals surface area contributed by atoms with E-state index >= 15 is 0 Å². The number of para-hydroxylation sites is 2. The number of halogens is 1. The molecule has 1 aliphatic heterocycles. The van der Waals surface area contributed by atoms with E-state index in [9.17, 15) is 4.79 Å². The lowest BCUT2D eigenvalue weighted by molar-refractivity contribution is -0.116. The van der Waals surface area contributed by atoms with Crippen LogP contribution in [0.1, 0.15) is 31.5 Å². The summed E-state index contributed by atoms with van der Waals surface area (Å²) >= 11 is 6.06. The topological polar surface area (TPSA) is 59.4 Å². The van der Waals surface area contributed by atoms with Crippen LogP contribution in [0.15, 0.2) is 42.5 Å². The molecule has 0 unspecified atom stereocenters. The van der Waals surface area contributed by atoms with Crippen LogP contribution in [0.2, 0.25) is 5.02 Å². The van der Waals surface area contributed by atoms with E-state index in [1.54, 1.807) is 25.3 Å². The number of aryl methyl sites for hydroxylation is 1. The van der Waals surface area contributed by atoms with Crippen molar-refractivity contribution < 1.29 is 9.53 Å². The van der Waals surface area contributed by atoms with Gasteiger partial charge in [0.1, 0.15) is 11.6 Å². The van der Waals surface area contributed by atoms with E-state index in [2.05, 4.69) is 40.0 Å². The molecule has 0 aliphatic carbocycles. The predicted molar refractivity (Wildman–Crippen MR) is 125 cm³/mol. The maximum Gasteiger partial charge on any atom is 0.224 e. The van der Waals surface area contributed by atoms with Gasteiger partial charge in [0.2, 0.25) is 5.91 Å². The molecule has 3 aromatic rings. The average Bonchev–Trinajstić information content (AvgIpc) is 3.08. The molecular weight excluding hydrogens is 412 g/mol. The molecule has 1 amide bonds. The fraction of sp³-hybridized carbons (Fsp3) is 0.417. The lowest BCUT2D eigenvalue weighted by Gasteiger charge is -2.32.